The highest BCUT2D eigenvalue weighted by molar-refractivity contribution is 6.32. The second-order valence-corrected chi connectivity index (χ2v) is 4.09. The predicted molar refractivity (Wildman–Crippen MR) is 63.5 cm³/mol. The molecule has 0 spiro atoms. The average Bonchev–Trinajstić information content (AvgIpc) is 2.32. The van der Waals surface area contributed by atoms with Crippen LogP contribution in [0.1, 0.15) is 23.2 Å². The van der Waals surface area contributed by atoms with E-state index < -0.39 is 34.3 Å². The van der Waals surface area contributed by atoms with Crippen molar-refractivity contribution in [2.75, 3.05) is 6.54 Å². The van der Waals surface area contributed by atoms with Crippen molar-refractivity contribution >= 4 is 23.2 Å². The van der Waals surface area contributed by atoms with E-state index in [4.69, 9.17) is 11.6 Å². The molecule has 1 rings (SSSR count). The molecule has 1 N–H and O–H groups in total. The minimum absolute atomic E-state index is 0.255. The highest BCUT2D eigenvalue weighted by Crippen LogP contribution is 2.26. The summed E-state index contributed by atoms with van der Waals surface area (Å²) in [5, 5.41) is 12.5. The molecule has 1 aromatic rings. The number of amides is 1. The number of nitrogens with zero attached hydrogens (tertiary/aromatic N) is 2. The minimum atomic E-state index is -4.31. The van der Waals surface area contributed by atoms with Gasteiger partial charge in [-0.05, 0) is 12.5 Å². The number of nitrogens with one attached hydrogen (secondary N) is 1. The van der Waals surface area contributed by atoms with Crippen LogP contribution >= 0.6 is 11.6 Å². The van der Waals surface area contributed by atoms with Crippen LogP contribution in [0.3, 0.4) is 0 Å². The molecule has 1 heterocycles. The summed E-state index contributed by atoms with van der Waals surface area (Å²) in [4.78, 5) is 25.0. The number of nitro groups is 1. The van der Waals surface area contributed by atoms with Crippen LogP contribution in [0.2, 0.25) is 5.15 Å². The number of alkyl halides is 3. The molecular weight excluding hydrogens is 303 g/mol. The van der Waals surface area contributed by atoms with Crippen molar-refractivity contribution in [1.29, 1.82) is 0 Å². The van der Waals surface area contributed by atoms with E-state index in [2.05, 4.69) is 10.3 Å². The van der Waals surface area contributed by atoms with E-state index in [1.807, 2.05) is 0 Å². The molecule has 0 radical (unpaired) electrons. The van der Waals surface area contributed by atoms with Gasteiger partial charge in [-0.3, -0.25) is 14.9 Å². The number of hydrogen-bond acceptors (Lipinski definition) is 4. The lowest BCUT2D eigenvalue weighted by molar-refractivity contribution is -0.385. The van der Waals surface area contributed by atoms with Gasteiger partial charge in [-0.1, -0.05) is 11.6 Å². The second-order valence-electron chi connectivity index (χ2n) is 3.73. The summed E-state index contributed by atoms with van der Waals surface area (Å²) in [6.07, 6.45) is -4.58. The summed E-state index contributed by atoms with van der Waals surface area (Å²) in [6.45, 7) is -0.255. The Morgan fingerprint density at radius 3 is 2.70 bits per heavy atom. The van der Waals surface area contributed by atoms with Gasteiger partial charge in [0.25, 0.3) is 5.91 Å². The van der Waals surface area contributed by atoms with Gasteiger partial charge in [0.15, 0.2) is 0 Å². The van der Waals surface area contributed by atoms with Gasteiger partial charge in [0.1, 0.15) is 5.56 Å². The fourth-order valence-electron chi connectivity index (χ4n) is 1.37. The molecule has 0 aliphatic heterocycles. The smallest absolute Gasteiger partial charge is 0.352 e. The van der Waals surface area contributed by atoms with Crippen molar-refractivity contribution in [1.82, 2.24) is 10.3 Å². The van der Waals surface area contributed by atoms with Gasteiger partial charge in [-0.25, -0.2) is 4.98 Å². The van der Waals surface area contributed by atoms with E-state index in [0.717, 1.165) is 12.3 Å². The largest absolute Gasteiger partial charge is 0.389 e. The number of rotatable bonds is 5. The fourth-order valence-corrected chi connectivity index (χ4v) is 1.60. The lowest BCUT2D eigenvalue weighted by Crippen LogP contribution is -2.26. The predicted octanol–water partition coefficient (Wildman–Crippen LogP) is 2.72. The normalized spacial score (nSPS) is 11.2. The lowest BCUT2D eigenvalue weighted by Gasteiger charge is -2.08. The molecule has 0 aliphatic rings. The Hall–Kier alpha value is -1.90. The highest BCUT2D eigenvalue weighted by Gasteiger charge is 2.27. The van der Waals surface area contributed by atoms with Crippen molar-refractivity contribution in [3.05, 3.63) is 33.1 Å². The molecule has 0 fully saturated rings. The summed E-state index contributed by atoms with van der Waals surface area (Å²) in [7, 11) is 0. The second kappa shape index (κ2) is 6.51. The SMILES string of the molecule is O=C(NCCCC(F)(F)F)c1ccnc(Cl)c1[N+](=O)[O-]. The van der Waals surface area contributed by atoms with Crippen LogP contribution in [0.25, 0.3) is 0 Å². The fraction of sp³-hybridized carbons (Fsp3) is 0.400. The maximum absolute atomic E-state index is 11.9. The zero-order valence-electron chi connectivity index (χ0n) is 9.91. The number of carbonyl (C=O) groups excluding carboxylic acids is 1. The Morgan fingerprint density at radius 2 is 2.15 bits per heavy atom. The van der Waals surface area contributed by atoms with Crippen LogP contribution in [0, 0.1) is 10.1 Å². The molecule has 0 unspecified atom stereocenters. The molecular formula is C10H9ClF3N3O3. The van der Waals surface area contributed by atoms with Gasteiger partial charge in [0, 0.05) is 19.2 Å². The topological polar surface area (TPSA) is 85.1 Å². The van der Waals surface area contributed by atoms with E-state index in [9.17, 15) is 28.1 Å². The number of pyridine rings is 1. The van der Waals surface area contributed by atoms with Gasteiger partial charge in [-0.15, -0.1) is 0 Å². The molecule has 0 saturated carbocycles. The molecule has 1 aromatic heterocycles. The van der Waals surface area contributed by atoms with Crippen LogP contribution in [-0.2, 0) is 0 Å². The molecule has 0 aliphatic carbocycles. The number of halogens is 4. The molecule has 0 saturated heterocycles. The first-order chi connectivity index (χ1) is 9.22. The molecule has 0 atom stereocenters. The Balaban J connectivity index is 2.69. The molecule has 110 valence electrons. The van der Waals surface area contributed by atoms with Crippen LogP contribution in [0.4, 0.5) is 18.9 Å². The molecule has 6 nitrogen and oxygen atoms in total. The third kappa shape index (κ3) is 4.65. The van der Waals surface area contributed by atoms with Gasteiger partial charge in [0.05, 0.1) is 4.92 Å². The zero-order valence-corrected chi connectivity index (χ0v) is 10.7. The third-order valence-electron chi connectivity index (χ3n) is 2.23. The van der Waals surface area contributed by atoms with Crippen molar-refractivity contribution in [2.45, 2.75) is 19.0 Å². The van der Waals surface area contributed by atoms with Crippen molar-refractivity contribution < 1.29 is 22.9 Å². The van der Waals surface area contributed by atoms with Crippen molar-refractivity contribution in [3.63, 3.8) is 0 Å². The maximum Gasteiger partial charge on any atom is 0.389 e. The maximum atomic E-state index is 11.9. The quantitative estimate of drug-likeness (QED) is 0.392. The first-order valence-corrected chi connectivity index (χ1v) is 5.74. The van der Waals surface area contributed by atoms with Crippen molar-refractivity contribution in [2.24, 2.45) is 0 Å². The highest BCUT2D eigenvalue weighted by atomic mass is 35.5. The van der Waals surface area contributed by atoms with Gasteiger partial charge < -0.3 is 5.32 Å². The van der Waals surface area contributed by atoms with Gasteiger partial charge in [0.2, 0.25) is 5.15 Å². The summed E-state index contributed by atoms with van der Waals surface area (Å²) >= 11 is 5.51. The van der Waals surface area contributed by atoms with Gasteiger partial charge >= 0.3 is 11.9 Å². The summed E-state index contributed by atoms with van der Waals surface area (Å²) < 4.78 is 35.7. The Kier molecular flexibility index (Phi) is 5.26. The third-order valence-corrected chi connectivity index (χ3v) is 2.51. The van der Waals surface area contributed by atoms with Crippen LogP contribution < -0.4 is 5.32 Å². The van der Waals surface area contributed by atoms with Crippen LogP contribution in [-0.4, -0.2) is 28.5 Å². The van der Waals surface area contributed by atoms with E-state index in [-0.39, 0.29) is 18.5 Å². The van der Waals surface area contributed by atoms with Crippen LogP contribution in [0.15, 0.2) is 12.3 Å². The van der Waals surface area contributed by atoms with E-state index in [1.54, 1.807) is 0 Å². The van der Waals surface area contributed by atoms with E-state index in [1.165, 1.54) is 0 Å². The zero-order chi connectivity index (χ0) is 15.3. The number of aromatic nitrogens is 1. The Labute approximate surface area is 116 Å². The Bertz CT molecular complexity index is 522. The summed E-state index contributed by atoms with van der Waals surface area (Å²) in [6, 6.07) is 1.07. The molecule has 20 heavy (non-hydrogen) atoms. The number of hydrogen-bond donors (Lipinski definition) is 1. The lowest BCUT2D eigenvalue weighted by atomic mass is 10.2. The van der Waals surface area contributed by atoms with Crippen molar-refractivity contribution in [3.8, 4) is 0 Å². The Morgan fingerprint density at radius 1 is 1.50 bits per heavy atom. The molecule has 0 aromatic carbocycles. The molecule has 0 bridgehead atoms. The van der Waals surface area contributed by atoms with E-state index >= 15 is 0 Å². The summed E-state index contributed by atoms with van der Waals surface area (Å²) in [5.41, 5.74) is -1.02. The number of carbonyl (C=O) groups is 1. The average molecular weight is 312 g/mol. The molecule has 1 amide bonds. The van der Waals surface area contributed by atoms with E-state index in [0.29, 0.717) is 0 Å². The first-order valence-electron chi connectivity index (χ1n) is 5.36. The molecule has 10 heteroatoms. The standard InChI is InChI=1S/C10H9ClF3N3O3/c11-8-7(17(19)20)6(2-5-15-8)9(18)16-4-1-3-10(12,13)14/h2,5H,1,3-4H2,(H,16,18). The minimum Gasteiger partial charge on any atom is -0.352 e. The summed E-state index contributed by atoms with van der Waals surface area (Å²) in [5.74, 6) is -0.872. The van der Waals surface area contributed by atoms with Gasteiger partial charge in [-0.2, -0.15) is 13.2 Å². The monoisotopic (exact) mass is 311 g/mol. The first kappa shape index (κ1) is 16.2. The van der Waals surface area contributed by atoms with Crippen LogP contribution in [0.5, 0.6) is 0 Å².